The quantitative estimate of drug-likeness (QED) is 0.770. The van der Waals surface area contributed by atoms with Crippen LogP contribution in [0.1, 0.15) is 44.9 Å². The monoisotopic (exact) mass is 394 g/mol. The SMILES string of the molecule is NC1(C(=O)N[C@H]2CCCN(S(=O)(=O)c3ccccn3)CC2=O)CCCCC1. The summed E-state index contributed by atoms with van der Waals surface area (Å²) in [5.74, 6) is -0.624. The predicted octanol–water partition coefficient (Wildman–Crippen LogP) is 0.582. The number of hydrogen-bond acceptors (Lipinski definition) is 6. The minimum atomic E-state index is -3.84. The molecule has 1 aromatic rings. The van der Waals surface area contributed by atoms with Crippen molar-refractivity contribution in [3.63, 3.8) is 0 Å². The zero-order valence-corrected chi connectivity index (χ0v) is 16.1. The summed E-state index contributed by atoms with van der Waals surface area (Å²) in [6, 6.07) is 3.92. The fourth-order valence-corrected chi connectivity index (χ4v) is 5.07. The van der Waals surface area contributed by atoms with Crippen LogP contribution in [-0.4, -0.2) is 54.1 Å². The number of amides is 1. The fraction of sp³-hybridized carbons (Fsp3) is 0.611. The number of hydrogen-bond donors (Lipinski definition) is 2. The van der Waals surface area contributed by atoms with E-state index < -0.39 is 21.6 Å². The normalized spacial score (nSPS) is 24.2. The smallest absolute Gasteiger partial charge is 0.260 e. The Morgan fingerprint density at radius 3 is 2.63 bits per heavy atom. The van der Waals surface area contributed by atoms with Gasteiger partial charge in [-0.1, -0.05) is 25.3 Å². The molecular formula is C18H26N4O4S. The molecule has 8 nitrogen and oxygen atoms in total. The Labute approximate surface area is 159 Å². The van der Waals surface area contributed by atoms with E-state index >= 15 is 0 Å². The summed E-state index contributed by atoms with van der Waals surface area (Å²) >= 11 is 0. The molecule has 0 unspecified atom stereocenters. The Bertz CT molecular complexity index is 791. The highest BCUT2D eigenvalue weighted by molar-refractivity contribution is 7.89. The van der Waals surface area contributed by atoms with E-state index in [9.17, 15) is 18.0 Å². The molecule has 1 saturated heterocycles. The molecule has 1 atom stereocenters. The standard InChI is InChI=1S/C18H26N4O4S/c19-18(9-3-1-4-10-18)17(24)21-14-7-6-12-22(13-15(14)23)27(25,26)16-8-2-5-11-20-16/h2,5,8,11,14H,1,3-4,6-7,9-10,12-13,19H2,(H,21,24)/t14-/m0/s1. The van der Waals surface area contributed by atoms with Crippen LogP contribution in [0, 0.1) is 0 Å². The Hall–Kier alpha value is -1.84. The summed E-state index contributed by atoms with van der Waals surface area (Å²) in [4.78, 5) is 29.2. The number of nitrogens with two attached hydrogens (primary N) is 1. The molecular weight excluding hydrogens is 368 g/mol. The van der Waals surface area contributed by atoms with Crippen LogP contribution in [0.5, 0.6) is 0 Å². The first-order valence-electron chi connectivity index (χ1n) is 9.37. The Balaban J connectivity index is 1.68. The second-order valence-corrected chi connectivity index (χ2v) is 9.24. The molecule has 27 heavy (non-hydrogen) atoms. The Morgan fingerprint density at radius 2 is 1.96 bits per heavy atom. The Morgan fingerprint density at radius 1 is 1.22 bits per heavy atom. The highest BCUT2D eigenvalue weighted by Crippen LogP contribution is 2.26. The van der Waals surface area contributed by atoms with Gasteiger partial charge < -0.3 is 11.1 Å². The van der Waals surface area contributed by atoms with Crippen LogP contribution in [0.2, 0.25) is 0 Å². The van der Waals surface area contributed by atoms with Gasteiger partial charge in [-0.3, -0.25) is 9.59 Å². The zero-order valence-electron chi connectivity index (χ0n) is 15.3. The number of nitrogens with one attached hydrogen (secondary N) is 1. The largest absolute Gasteiger partial charge is 0.345 e. The van der Waals surface area contributed by atoms with Gasteiger partial charge in [0.1, 0.15) is 0 Å². The van der Waals surface area contributed by atoms with Gasteiger partial charge in [0.15, 0.2) is 10.8 Å². The van der Waals surface area contributed by atoms with E-state index in [0.717, 1.165) is 23.6 Å². The first-order valence-corrected chi connectivity index (χ1v) is 10.8. The molecule has 0 spiro atoms. The van der Waals surface area contributed by atoms with Crippen LogP contribution < -0.4 is 11.1 Å². The third-order valence-electron chi connectivity index (χ3n) is 5.37. The van der Waals surface area contributed by atoms with E-state index in [-0.39, 0.29) is 29.8 Å². The van der Waals surface area contributed by atoms with Gasteiger partial charge in [-0.15, -0.1) is 0 Å². The number of rotatable bonds is 4. The molecule has 3 rings (SSSR count). The molecule has 0 radical (unpaired) electrons. The number of Topliss-reactive ketones (excluding diaryl/α,β-unsaturated/α-hetero) is 1. The van der Waals surface area contributed by atoms with Gasteiger partial charge in [-0.25, -0.2) is 13.4 Å². The van der Waals surface area contributed by atoms with Crippen molar-refractivity contribution in [1.29, 1.82) is 0 Å². The van der Waals surface area contributed by atoms with Crippen LogP contribution in [0.3, 0.4) is 0 Å². The summed E-state index contributed by atoms with van der Waals surface area (Å²) < 4.78 is 26.6. The summed E-state index contributed by atoms with van der Waals surface area (Å²) in [5.41, 5.74) is 5.31. The average molecular weight is 394 g/mol. The molecule has 1 aromatic heterocycles. The number of nitrogens with zero attached hydrogens (tertiary/aromatic N) is 2. The first-order chi connectivity index (χ1) is 12.8. The highest BCUT2D eigenvalue weighted by atomic mass is 32.2. The topological polar surface area (TPSA) is 122 Å². The van der Waals surface area contributed by atoms with E-state index in [0.29, 0.717) is 25.7 Å². The predicted molar refractivity (Wildman–Crippen MR) is 99.2 cm³/mol. The molecule has 2 fully saturated rings. The number of ketones is 1. The van der Waals surface area contributed by atoms with E-state index in [4.69, 9.17) is 5.73 Å². The van der Waals surface area contributed by atoms with Crippen molar-refractivity contribution >= 4 is 21.7 Å². The third kappa shape index (κ3) is 4.36. The van der Waals surface area contributed by atoms with E-state index in [1.165, 1.54) is 12.3 Å². The van der Waals surface area contributed by atoms with Gasteiger partial charge in [0.05, 0.1) is 18.1 Å². The van der Waals surface area contributed by atoms with Gasteiger partial charge in [-0.2, -0.15) is 4.31 Å². The van der Waals surface area contributed by atoms with Crippen molar-refractivity contribution in [2.75, 3.05) is 13.1 Å². The number of aromatic nitrogens is 1. The van der Waals surface area contributed by atoms with Crippen LogP contribution in [-0.2, 0) is 19.6 Å². The Kier molecular flexibility index (Phi) is 5.92. The van der Waals surface area contributed by atoms with Gasteiger partial charge >= 0.3 is 0 Å². The van der Waals surface area contributed by atoms with E-state index in [1.54, 1.807) is 12.1 Å². The van der Waals surface area contributed by atoms with Gasteiger partial charge in [-0.05, 0) is 37.8 Å². The lowest BCUT2D eigenvalue weighted by Gasteiger charge is -2.33. The maximum Gasteiger partial charge on any atom is 0.260 e. The lowest BCUT2D eigenvalue weighted by atomic mass is 9.81. The van der Waals surface area contributed by atoms with Gasteiger partial charge in [0.25, 0.3) is 10.0 Å². The molecule has 2 aliphatic rings. The van der Waals surface area contributed by atoms with E-state index in [1.807, 2.05) is 0 Å². The van der Waals surface area contributed by atoms with Crippen LogP contribution in [0.25, 0.3) is 0 Å². The summed E-state index contributed by atoms with van der Waals surface area (Å²) in [6.45, 7) is -0.0633. The summed E-state index contributed by atoms with van der Waals surface area (Å²) in [6.07, 6.45) is 6.36. The van der Waals surface area contributed by atoms with Crippen molar-refractivity contribution in [1.82, 2.24) is 14.6 Å². The van der Waals surface area contributed by atoms with Gasteiger partial charge in [0.2, 0.25) is 5.91 Å². The molecule has 0 bridgehead atoms. The van der Waals surface area contributed by atoms with Crippen molar-refractivity contribution in [2.24, 2.45) is 5.73 Å². The van der Waals surface area contributed by atoms with Crippen molar-refractivity contribution < 1.29 is 18.0 Å². The lowest BCUT2D eigenvalue weighted by Crippen LogP contribution is -2.58. The molecule has 2 heterocycles. The molecule has 0 aromatic carbocycles. The molecule has 1 amide bonds. The summed E-state index contributed by atoms with van der Waals surface area (Å²) in [7, 11) is -3.84. The van der Waals surface area contributed by atoms with E-state index in [2.05, 4.69) is 10.3 Å². The van der Waals surface area contributed by atoms with Crippen molar-refractivity contribution in [3.8, 4) is 0 Å². The highest BCUT2D eigenvalue weighted by Gasteiger charge is 2.39. The minimum absolute atomic E-state index is 0.0802. The minimum Gasteiger partial charge on any atom is -0.345 e. The zero-order chi connectivity index (χ0) is 19.5. The molecule has 148 valence electrons. The number of pyridine rings is 1. The maximum atomic E-state index is 12.7. The molecule has 1 aliphatic carbocycles. The molecule has 3 N–H and O–H groups in total. The molecule has 1 aliphatic heterocycles. The van der Waals surface area contributed by atoms with Crippen LogP contribution >= 0.6 is 0 Å². The second-order valence-electron chi connectivity index (χ2n) is 7.36. The van der Waals surface area contributed by atoms with Crippen LogP contribution in [0.4, 0.5) is 0 Å². The van der Waals surface area contributed by atoms with Crippen LogP contribution in [0.15, 0.2) is 29.4 Å². The average Bonchev–Trinajstić information content (AvgIpc) is 2.85. The first kappa shape index (κ1) is 19.9. The molecule has 9 heteroatoms. The van der Waals surface area contributed by atoms with Crippen molar-refractivity contribution in [2.45, 2.75) is 61.6 Å². The third-order valence-corrected chi connectivity index (χ3v) is 7.13. The number of carbonyl (C=O) groups excluding carboxylic acids is 2. The summed E-state index contributed by atoms with van der Waals surface area (Å²) in [5, 5.41) is 2.70. The van der Waals surface area contributed by atoms with Crippen molar-refractivity contribution in [3.05, 3.63) is 24.4 Å². The fourth-order valence-electron chi connectivity index (χ4n) is 3.70. The number of carbonyl (C=O) groups is 2. The van der Waals surface area contributed by atoms with Gasteiger partial charge in [0, 0.05) is 12.7 Å². The maximum absolute atomic E-state index is 12.7. The number of sulfonamides is 1. The second kappa shape index (κ2) is 8.04. The molecule has 1 saturated carbocycles. The lowest BCUT2D eigenvalue weighted by molar-refractivity contribution is -0.131.